The molecule has 0 aliphatic carbocycles. The molecule has 1 unspecified atom stereocenters. The second kappa shape index (κ2) is 7.27. The van der Waals surface area contributed by atoms with Gasteiger partial charge >= 0.3 is 0 Å². The maximum Gasteiger partial charge on any atom is 0.262 e. The summed E-state index contributed by atoms with van der Waals surface area (Å²) in [6, 6.07) is 1.42. The van der Waals surface area contributed by atoms with Crippen molar-refractivity contribution in [3.8, 4) is 0 Å². The van der Waals surface area contributed by atoms with E-state index in [-0.39, 0.29) is 11.0 Å². The van der Waals surface area contributed by atoms with Crippen LogP contribution in [0.4, 0.5) is 5.13 Å². The van der Waals surface area contributed by atoms with Crippen LogP contribution in [0.15, 0.2) is 22.4 Å². The number of piperidine rings is 1. The summed E-state index contributed by atoms with van der Waals surface area (Å²) in [5.41, 5.74) is 1.50. The number of nitrogens with one attached hydrogen (secondary N) is 2. The number of carbonyl (C=O) groups excluding carboxylic acids is 1. The van der Waals surface area contributed by atoms with Crippen LogP contribution in [0, 0.1) is 12.8 Å². The molecule has 2 aromatic rings. The number of aromatic nitrogens is 2. The molecule has 1 atom stereocenters. The third kappa shape index (κ3) is 4.10. The Hall–Kier alpha value is -1.99. The maximum atomic E-state index is 12.2. The van der Waals surface area contributed by atoms with Gasteiger partial charge in [-0.2, -0.15) is 0 Å². The lowest BCUT2D eigenvalue weighted by molar-refractivity contribution is 0.102. The minimum Gasteiger partial charge on any atom is -0.364 e. The van der Waals surface area contributed by atoms with E-state index in [4.69, 9.17) is 0 Å². The van der Waals surface area contributed by atoms with Gasteiger partial charge in [-0.25, -0.2) is 4.98 Å². The second-order valence-corrected chi connectivity index (χ2v) is 7.33. The summed E-state index contributed by atoms with van der Waals surface area (Å²) >= 11 is 1.39. The first-order valence-corrected chi connectivity index (χ1v) is 9.06. The van der Waals surface area contributed by atoms with Crippen LogP contribution in [0.25, 0.3) is 0 Å². The van der Waals surface area contributed by atoms with Crippen molar-refractivity contribution in [3.63, 3.8) is 0 Å². The smallest absolute Gasteiger partial charge is 0.262 e. The lowest BCUT2D eigenvalue weighted by Crippen LogP contribution is -2.33. The van der Waals surface area contributed by atoms with E-state index in [2.05, 4.69) is 27.1 Å². The van der Waals surface area contributed by atoms with Gasteiger partial charge in [-0.15, -0.1) is 11.3 Å². The van der Waals surface area contributed by atoms with Gasteiger partial charge in [0.25, 0.3) is 5.91 Å². The first-order valence-electron chi connectivity index (χ1n) is 8.18. The molecule has 7 heteroatoms. The van der Waals surface area contributed by atoms with Crippen molar-refractivity contribution in [2.75, 3.05) is 18.4 Å². The summed E-state index contributed by atoms with van der Waals surface area (Å²) in [5, 5.41) is 5.21. The molecule has 0 bridgehead atoms. The van der Waals surface area contributed by atoms with Crippen LogP contribution >= 0.6 is 11.3 Å². The van der Waals surface area contributed by atoms with Gasteiger partial charge in [0.2, 0.25) is 0 Å². The first kappa shape index (κ1) is 16.9. The molecular formula is C17H22N4O2S. The molecule has 24 heavy (non-hydrogen) atoms. The topological polar surface area (TPSA) is 78.1 Å². The van der Waals surface area contributed by atoms with Crippen molar-refractivity contribution in [2.24, 2.45) is 5.92 Å². The highest BCUT2D eigenvalue weighted by atomic mass is 32.1. The summed E-state index contributed by atoms with van der Waals surface area (Å²) < 4.78 is 0. The van der Waals surface area contributed by atoms with E-state index in [0.29, 0.717) is 5.13 Å². The summed E-state index contributed by atoms with van der Waals surface area (Å²) in [6.45, 7) is 7.05. The highest BCUT2D eigenvalue weighted by Gasteiger charge is 2.18. The standard InChI is InChI=1S/C17H22N4O2S/c1-11-4-3-5-21(8-11)9-13-10-24-17(19-13)20-16(23)14-7-18-12(2)6-15(14)22/h6-7,10-11H,3-5,8-9H2,1-2H3,(H,18,22)(H,19,20,23). The number of aryl methyl sites for hydroxylation is 1. The molecule has 1 aliphatic heterocycles. The SMILES string of the molecule is Cc1cc(=O)c(C(=O)Nc2nc(CN3CCCC(C)C3)cs2)c[nH]1. The summed E-state index contributed by atoms with van der Waals surface area (Å²) in [6.07, 6.45) is 3.96. The van der Waals surface area contributed by atoms with Crippen molar-refractivity contribution in [2.45, 2.75) is 33.2 Å². The van der Waals surface area contributed by atoms with E-state index < -0.39 is 5.91 Å². The van der Waals surface area contributed by atoms with Gasteiger partial charge < -0.3 is 4.98 Å². The van der Waals surface area contributed by atoms with Gasteiger partial charge in [0, 0.05) is 36.4 Å². The van der Waals surface area contributed by atoms with E-state index in [0.717, 1.165) is 36.9 Å². The second-order valence-electron chi connectivity index (χ2n) is 6.47. The normalized spacial score (nSPS) is 18.5. The van der Waals surface area contributed by atoms with Crippen LogP contribution in [-0.4, -0.2) is 33.9 Å². The molecule has 2 aromatic heterocycles. The summed E-state index contributed by atoms with van der Waals surface area (Å²) in [4.78, 5) is 33.8. The zero-order chi connectivity index (χ0) is 17.1. The van der Waals surface area contributed by atoms with Crippen LogP contribution in [0.5, 0.6) is 0 Å². The van der Waals surface area contributed by atoms with Crippen LogP contribution in [0.1, 0.15) is 41.5 Å². The number of carbonyl (C=O) groups is 1. The van der Waals surface area contributed by atoms with Crippen molar-refractivity contribution in [1.82, 2.24) is 14.9 Å². The van der Waals surface area contributed by atoms with Gasteiger partial charge in [-0.05, 0) is 32.2 Å². The molecule has 1 amide bonds. The highest BCUT2D eigenvalue weighted by Crippen LogP contribution is 2.21. The van der Waals surface area contributed by atoms with Gasteiger partial charge in [-0.3, -0.25) is 19.8 Å². The summed E-state index contributed by atoms with van der Waals surface area (Å²) in [7, 11) is 0. The summed E-state index contributed by atoms with van der Waals surface area (Å²) in [5.74, 6) is 0.300. The number of hydrogen-bond acceptors (Lipinski definition) is 5. The number of thiazole rings is 1. The number of rotatable bonds is 4. The molecule has 0 aromatic carbocycles. The number of pyridine rings is 1. The van der Waals surface area contributed by atoms with Crippen LogP contribution in [0.2, 0.25) is 0 Å². The Kier molecular flexibility index (Phi) is 5.11. The van der Waals surface area contributed by atoms with Crippen LogP contribution in [0.3, 0.4) is 0 Å². The van der Waals surface area contributed by atoms with E-state index in [9.17, 15) is 9.59 Å². The zero-order valence-corrected chi connectivity index (χ0v) is 14.8. The fourth-order valence-corrected chi connectivity index (χ4v) is 3.71. The van der Waals surface area contributed by atoms with E-state index in [1.807, 2.05) is 5.38 Å². The van der Waals surface area contributed by atoms with Crippen molar-refractivity contribution >= 4 is 22.4 Å². The largest absolute Gasteiger partial charge is 0.364 e. The van der Waals surface area contributed by atoms with Crippen molar-refractivity contribution < 1.29 is 4.79 Å². The number of amides is 1. The molecule has 1 saturated heterocycles. The Bertz CT molecular complexity index is 783. The predicted molar refractivity (Wildman–Crippen MR) is 95.5 cm³/mol. The number of anilines is 1. The molecule has 1 fully saturated rings. The molecular weight excluding hydrogens is 324 g/mol. The number of hydrogen-bond donors (Lipinski definition) is 2. The minimum atomic E-state index is -0.427. The Morgan fingerprint density at radius 1 is 1.54 bits per heavy atom. The molecule has 3 heterocycles. The van der Waals surface area contributed by atoms with Gasteiger partial charge in [0.15, 0.2) is 10.6 Å². The molecule has 1 aliphatic rings. The van der Waals surface area contributed by atoms with Crippen molar-refractivity contribution in [1.29, 1.82) is 0 Å². The van der Waals surface area contributed by atoms with Gasteiger partial charge in [0.1, 0.15) is 5.56 Å². The molecule has 128 valence electrons. The Morgan fingerprint density at radius 2 is 2.38 bits per heavy atom. The maximum absolute atomic E-state index is 12.2. The quantitative estimate of drug-likeness (QED) is 0.892. The Balaban J connectivity index is 1.63. The van der Waals surface area contributed by atoms with Gasteiger partial charge in [0.05, 0.1) is 5.69 Å². The number of likely N-dealkylation sites (tertiary alicyclic amines) is 1. The fraction of sp³-hybridized carbons (Fsp3) is 0.471. The lowest BCUT2D eigenvalue weighted by Gasteiger charge is -2.30. The molecule has 0 saturated carbocycles. The van der Waals surface area contributed by atoms with E-state index in [1.165, 1.54) is 36.4 Å². The third-order valence-corrected chi connectivity index (χ3v) is 5.01. The monoisotopic (exact) mass is 346 g/mol. The minimum absolute atomic E-state index is 0.0993. The average Bonchev–Trinajstić information content (AvgIpc) is 2.94. The molecule has 0 spiro atoms. The first-order chi connectivity index (χ1) is 11.5. The van der Waals surface area contributed by atoms with Crippen LogP contribution in [-0.2, 0) is 6.54 Å². The van der Waals surface area contributed by atoms with Crippen LogP contribution < -0.4 is 10.7 Å². The fourth-order valence-electron chi connectivity index (χ4n) is 3.01. The Morgan fingerprint density at radius 3 is 3.12 bits per heavy atom. The lowest BCUT2D eigenvalue weighted by atomic mass is 10.0. The number of aromatic amines is 1. The highest BCUT2D eigenvalue weighted by molar-refractivity contribution is 7.13. The number of H-pyrrole nitrogens is 1. The van der Waals surface area contributed by atoms with E-state index >= 15 is 0 Å². The third-order valence-electron chi connectivity index (χ3n) is 4.20. The average molecular weight is 346 g/mol. The molecule has 2 N–H and O–H groups in total. The number of nitrogens with zero attached hydrogens (tertiary/aromatic N) is 2. The van der Waals surface area contributed by atoms with E-state index in [1.54, 1.807) is 6.92 Å². The molecule has 6 nitrogen and oxygen atoms in total. The Labute approximate surface area is 144 Å². The zero-order valence-electron chi connectivity index (χ0n) is 14.0. The van der Waals surface area contributed by atoms with Crippen molar-refractivity contribution in [3.05, 3.63) is 44.8 Å². The molecule has 0 radical (unpaired) electrons. The predicted octanol–water partition coefficient (Wildman–Crippen LogP) is 2.62. The molecule has 3 rings (SSSR count). The van der Waals surface area contributed by atoms with Gasteiger partial charge in [-0.1, -0.05) is 6.92 Å².